The lowest BCUT2D eigenvalue weighted by molar-refractivity contribution is -0.139. The molecule has 0 spiro atoms. The Labute approximate surface area is 171 Å². The van der Waals surface area contributed by atoms with Crippen LogP contribution < -0.4 is 5.32 Å². The normalized spacial score (nSPS) is 19.2. The number of carbonyl (C=O) groups excluding carboxylic acids is 2. The molecule has 2 aromatic carbocycles. The number of dihydropyridines is 1. The molecule has 4 heteroatoms. The first-order chi connectivity index (χ1) is 14.1. The van der Waals surface area contributed by atoms with Gasteiger partial charge in [0.2, 0.25) is 0 Å². The molecule has 1 atom stereocenters. The maximum absolute atomic E-state index is 13.1. The second kappa shape index (κ2) is 8.24. The Bertz CT molecular complexity index is 1030. The van der Waals surface area contributed by atoms with Gasteiger partial charge in [-0.05, 0) is 42.5 Å². The highest BCUT2D eigenvalue weighted by atomic mass is 16.5. The number of esters is 1. The van der Waals surface area contributed by atoms with Crippen LogP contribution in [0.3, 0.4) is 0 Å². The summed E-state index contributed by atoms with van der Waals surface area (Å²) in [5, 5.41) is 5.53. The maximum atomic E-state index is 13.1. The van der Waals surface area contributed by atoms with Crippen molar-refractivity contribution in [3.8, 4) is 0 Å². The highest BCUT2D eigenvalue weighted by Gasteiger charge is 2.39. The number of ether oxygens (including phenoxy) is 1. The zero-order valence-corrected chi connectivity index (χ0v) is 17.1. The molecule has 0 radical (unpaired) electrons. The molecule has 0 fully saturated rings. The molecule has 1 N–H and O–H groups in total. The highest BCUT2D eigenvalue weighted by Crippen LogP contribution is 2.44. The number of nitrogens with one attached hydrogen (secondary N) is 1. The van der Waals surface area contributed by atoms with Crippen molar-refractivity contribution in [2.24, 2.45) is 0 Å². The van der Waals surface area contributed by atoms with Gasteiger partial charge in [-0.15, -0.1) is 0 Å². The number of ketones is 1. The predicted molar refractivity (Wildman–Crippen MR) is 114 cm³/mol. The summed E-state index contributed by atoms with van der Waals surface area (Å²) in [7, 11) is 0. The quantitative estimate of drug-likeness (QED) is 0.567. The van der Waals surface area contributed by atoms with Crippen LogP contribution in [0, 0.1) is 0 Å². The number of fused-ring (bicyclic) bond motifs is 1. The van der Waals surface area contributed by atoms with Gasteiger partial charge in [0.15, 0.2) is 5.78 Å². The third-order valence-corrected chi connectivity index (χ3v) is 5.86. The summed E-state index contributed by atoms with van der Waals surface area (Å²) in [5.74, 6) is -0.589. The van der Waals surface area contributed by atoms with Crippen LogP contribution >= 0.6 is 0 Å². The third kappa shape index (κ3) is 3.59. The largest absolute Gasteiger partial charge is 0.462 e. The molecule has 150 valence electrons. The smallest absolute Gasteiger partial charge is 0.336 e. The van der Waals surface area contributed by atoms with E-state index in [1.165, 1.54) is 0 Å². The molecule has 1 heterocycles. The summed E-state index contributed by atoms with van der Waals surface area (Å²) in [6, 6.07) is 14.2. The molecule has 1 aliphatic heterocycles. The minimum absolute atomic E-state index is 0.128. The Morgan fingerprint density at radius 3 is 2.76 bits per heavy atom. The number of allylic oxidation sites excluding steroid dienone is 3. The molecule has 4 nitrogen and oxygen atoms in total. The number of hydrogen-bond donors (Lipinski definition) is 1. The number of unbranched alkanes of at least 4 members (excludes halogenated alkanes) is 1. The van der Waals surface area contributed by atoms with Gasteiger partial charge in [-0.25, -0.2) is 4.79 Å². The molecule has 0 aromatic heterocycles. The number of rotatable bonds is 5. The van der Waals surface area contributed by atoms with Gasteiger partial charge in [-0.1, -0.05) is 55.8 Å². The first kappa shape index (κ1) is 19.4. The highest BCUT2D eigenvalue weighted by molar-refractivity contribution is 6.05. The topological polar surface area (TPSA) is 55.4 Å². The molecular formula is C25H27NO3. The van der Waals surface area contributed by atoms with Gasteiger partial charge in [0.1, 0.15) is 0 Å². The van der Waals surface area contributed by atoms with Crippen molar-refractivity contribution < 1.29 is 14.3 Å². The predicted octanol–water partition coefficient (Wildman–Crippen LogP) is 5.15. The van der Waals surface area contributed by atoms with Crippen molar-refractivity contribution in [1.82, 2.24) is 5.32 Å². The first-order valence-electron chi connectivity index (χ1n) is 10.5. The fraction of sp³-hybridized carbons (Fsp3) is 0.360. The monoisotopic (exact) mass is 389 g/mol. The van der Waals surface area contributed by atoms with Crippen molar-refractivity contribution in [3.05, 3.63) is 70.6 Å². The Hall–Kier alpha value is -2.88. The first-order valence-corrected chi connectivity index (χ1v) is 10.5. The summed E-state index contributed by atoms with van der Waals surface area (Å²) >= 11 is 0. The average Bonchev–Trinajstić information content (AvgIpc) is 2.72. The molecule has 29 heavy (non-hydrogen) atoms. The second-order valence-electron chi connectivity index (χ2n) is 7.82. The van der Waals surface area contributed by atoms with Crippen LogP contribution in [0.5, 0.6) is 0 Å². The SMILES string of the molecule is CCCCOC(=O)C1=C(C)NC2=C(C(=O)CCC2)[C@@H]1c1cccc2ccccc12. The van der Waals surface area contributed by atoms with Gasteiger partial charge < -0.3 is 10.1 Å². The molecule has 0 saturated carbocycles. The fourth-order valence-corrected chi connectivity index (χ4v) is 4.45. The van der Waals surface area contributed by atoms with E-state index in [2.05, 4.69) is 30.4 Å². The van der Waals surface area contributed by atoms with Crippen LogP contribution in [0.1, 0.15) is 57.4 Å². The van der Waals surface area contributed by atoms with Crippen LogP contribution in [0.15, 0.2) is 65.0 Å². The van der Waals surface area contributed by atoms with Gasteiger partial charge in [0.25, 0.3) is 0 Å². The lowest BCUT2D eigenvalue weighted by Crippen LogP contribution is -2.34. The molecule has 0 unspecified atom stereocenters. The van der Waals surface area contributed by atoms with E-state index < -0.39 is 0 Å². The van der Waals surface area contributed by atoms with Gasteiger partial charge in [0, 0.05) is 29.3 Å². The maximum Gasteiger partial charge on any atom is 0.336 e. The van der Waals surface area contributed by atoms with E-state index in [4.69, 9.17) is 4.74 Å². The summed E-state index contributed by atoms with van der Waals surface area (Å²) in [5.41, 5.74) is 4.04. The summed E-state index contributed by atoms with van der Waals surface area (Å²) in [6.45, 7) is 4.38. The van der Waals surface area contributed by atoms with Crippen LogP contribution in [0.2, 0.25) is 0 Å². The van der Waals surface area contributed by atoms with E-state index in [-0.39, 0.29) is 17.7 Å². The number of carbonyl (C=O) groups is 2. The minimum atomic E-state index is -0.390. The van der Waals surface area contributed by atoms with Gasteiger partial charge in [-0.3, -0.25) is 4.79 Å². The molecule has 4 rings (SSSR count). The number of Topliss-reactive ketones (excluding diaryl/α,β-unsaturated/α-hetero) is 1. The molecule has 0 saturated heterocycles. The standard InChI is InChI=1S/C25H27NO3/c1-3-4-15-29-25(28)22-16(2)26-20-13-8-14-21(27)24(20)23(22)19-12-7-10-17-9-5-6-11-18(17)19/h5-7,9-12,23,26H,3-4,8,13-15H2,1-2H3/t23-/m1/s1. The van der Waals surface area contributed by atoms with Crippen LogP contribution in [0.4, 0.5) is 0 Å². The molecule has 1 aliphatic carbocycles. The third-order valence-electron chi connectivity index (χ3n) is 5.86. The van der Waals surface area contributed by atoms with E-state index in [0.29, 0.717) is 18.6 Å². The lowest BCUT2D eigenvalue weighted by Gasteiger charge is -2.34. The molecule has 2 aliphatic rings. The number of hydrogen-bond acceptors (Lipinski definition) is 4. The van der Waals surface area contributed by atoms with E-state index in [0.717, 1.165) is 59.0 Å². The van der Waals surface area contributed by atoms with Crippen molar-refractivity contribution >= 4 is 22.5 Å². The van der Waals surface area contributed by atoms with E-state index in [1.54, 1.807) is 0 Å². The molecule has 0 amide bonds. The molecule has 2 aromatic rings. The van der Waals surface area contributed by atoms with Crippen LogP contribution in [0.25, 0.3) is 10.8 Å². The number of benzene rings is 2. The zero-order valence-electron chi connectivity index (χ0n) is 17.1. The minimum Gasteiger partial charge on any atom is -0.462 e. The van der Waals surface area contributed by atoms with E-state index in [9.17, 15) is 9.59 Å². The summed E-state index contributed by atoms with van der Waals surface area (Å²) in [4.78, 5) is 26.1. The molecular weight excluding hydrogens is 362 g/mol. The second-order valence-corrected chi connectivity index (χ2v) is 7.82. The van der Waals surface area contributed by atoms with Gasteiger partial charge in [0.05, 0.1) is 12.2 Å². The Morgan fingerprint density at radius 1 is 1.14 bits per heavy atom. The van der Waals surface area contributed by atoms with Crippen molar-refractivity contribution in [3.63, 3.8) is 0 Å². The Balaban J connectivity index is 1.88. The van der Waals surface area contributed by atoms with E-state index in [1.807, 2.05) is 31.2 Å². The summed E-state index contributed by atoms with van der Waals surface area (Å²) < 4.78 is 5.60. The van der Waals surface area contributed by atoms with Crippen molar-refractivity contribution in [2.75, 3.05) is 6.61 Å². The van der Waals surface area contributed by atoms with Crippen LogP contribution in [-0.4, -0.2) is 18.4 Å². The van der Waals surface area contributed by atoms with Crippen molar-refractivity contribution in [2.45, 2.75) is 51.9 Å². The van der Waals surface area contributed by atoms with E-state index >= 15 is 0 Å². The van der Waals surface area contributed by atoms with Gasteiger partial charge >= 0.3 is 5.97 Å². The Kier molecular flexibility index (Phi) is 5.52. The lowest BCUT2D eigenvalue weighted by atomic mass is 9.74. The average molecular weight is 389 g/mol. The van der Waals surface area contributed by atoms with Crippen LogP contribution in [-0.2, 0) is 14.3 Å². The molecule has 0 bridgehead atoms. The Morgan fingerprint density at radius 2 is 1.93 bits per heavy atom. The summed E-state index contributed by atoms with van der Waals surface area (Å²) in [6.07, 6.45) is 3.99. The van der Waals surface area contributed by atoms with Gasteiger partial charge in [-0.2, -0.15) is 0 Å². The van der Waals surface area contributed by atoms with Crippen molar-refractivity contribution in [1.29, 1.82) is 0 Å². The fourth-order valence-electron chi connectivity index (χ4n) is 4.45. The zero-order chi connectivity index (χ0) is 20.4.